The summed E-state index contributed by atoms with van der Waals surface area (Å²) in [6.07, 6.45) is 0. The number of anilines is 1. The summed E-state index contributed by atoms with van der Waals surface area (Å²) >= 11 is 0. The van der Waals surface area contributed by atoms with Gasteiger partial charge >= 0.3 is 0 Å². The van der Waals surface area contributed by atoms with E-state index in [4.69, 9.17) is 10.3 Å². The molecular formula is C19H17FN8O. The lowest BCUT2D eigenvalue weighted by Gasteiger charge is -2.11. The van der Waals surface area contributed by atoms with E-state index < -0.39 is 0 Å². The number of guanidine groups is 1. The monoisotopic (exact) mass is 392 g/mol. The van der Waals surface area contributed by atoms with Gasteiger partial charge in [-0.3, -0.25) is 5.32 Å². The van der Waals surface area contributed by atoms with Gasteiger partial charge < -0.3 is 10.3 Å². The van der Waals surface area contributed by atoms with Crippen molar-refractivity contribution in [2.45, 2.75) is 12.8 Å². The number of H-pyrrole nitrogens is 1. The van der Waals surface area contributed by atoms with Crippen LogP contribution in [0.15, 0.2) is 64.1 Å². The predicted octanol–water partition coefficient (Wildman–Crippen LogP) is 3.20. The highest BCUT2D eigenvalue weighted by Crippen LogP contribution is 2.30. The van der Waals surface area contributed by atoms with Gasteiger partial charge in [-0.2, -0.15) is 10.2 Å². The van der Waals surface area contributed by atoms with Crippen LogP contribution in [-0.2, 0) is 0 Å². The maximum atomic E-state index is 14.7. The van der Waals surface area contributed by atoms with Crippen LogP contribution >= 0.6 is 0 Å². The number of nitrogens with zero attached hydrogens (tertiary/aromatic N) is 5. The van der Waals surface area contributed by atoms with Crippen LogP contribution in [0.25, 0.3) is 11.1 Å². The molecule has 4 rings (SSSR count). The Bertz CT molecular complexity index is 1120. The van der Waals surface area contributed by atoms with Crippen LogP contribution in [0, 0.1) is 5.82 Å². The highest BCUT2D eigenvalue weighted by molar-refractivity contribution is 5.91. The van der Waals surface area contributed by atoms with Gasteiger partial charge in [0, 0.05) is 17.5 Å². The van der Waals surface area contributed by atoms with Crippen LogP contribution in [0.3, 0.4) is 0 Å². The Hall–Kier alpha value is -4.08. The van der Waals surface area contributed by atoms with Gasteiger partial charge in [-0.25, -0.2) is 4.39 Å². The molecule has 0 saturated heterocycles. The molecule has 2 aromatic carbocycles. The van der Waals surface area contributed by atoms with Crippen molar-refractivity contribution in [3.05, 3.63) is 71.7 Å². The molecule has 0 aliphatic carbocycles. The van der Waals surface area contributed by atoms with Crippen molar-refractivity contribution >= 4 is 17.8 Å². The van der Waals surface area contributed by atoms with Gasteiger partial charge in [0.2, 0.25) is 5.96 Å². The van der Waals surface area contributed by atoms with Crippen LogP contribution in [0.5, 0.6) is 0 Å². The Morgan fingerprint density at radius 2 is 2.03 bits per heavy atom. The van der Waals surface area contributed by atoms with E-state index in [1.807, 2.05) is 43.3 Å². The zero-order chi connectivity index (χ0) is 20.2. The minimum atomic E-state index is -0.296. The molecule has 4 aromatic rings. The van der Waals surface area contributed by atoms with Crippen LogP contribution < -0.4 is 11.1 Å². The first-order valence-electron chi connectivity index (χ1n) is 8.76. The van der Waals surface area contributed by atoms with Gasteiger partial charge in [0.15, 0.2) is 0 Å². The summed E-state index contributed by atoms with van der Waals surface area (Å²) < 4.78 is 19.9. The van der Waals surface area contributed by atoms with E-state index in [1.165, 1.54) is 6.07 Å². The van der Waals surface area contributed by atoms with Crippen LogP contribution in [0.4, 0.5) is 16.2 Å². The first-order valence-corrected chi connectivity index (χ1v) is 8.76. The fourth-order valence-electron chi connectivity index (χ4n) is 2.83. The molecule has 9 nitrogen and oxygen atoms in total. The van der Waals surface area contributed by atoms with Crippen molar-refractivity contribution in [1.29, 1.82) is 0 Å². The molecule has 0 amide bonds. The third kappa shape index (κ3) is 4.10. The minimum absolute atomic E-state index is 0.0139. The fourth-order valence-corrected chi connectivity index (χ4v) is 2.83. The van der Waals surface area contributed by atoms with E-state index in [2.05, 4.69) is 36.1 Å². The molecule has 0 fully saturated rings. The molecule has 1 atom stereocenters. The molecule has 2 heterocycles. The van der Waals surface area contributed by atoms with Crippen molar-refractivity contribution in [3.63, 3.8) is 0 Å². The SMILES string of the molecule is CC(c1ccc(-c2ccccc2)c(F)c1)c1cc(N=C(N)Nc2nn[nH]n2)on1. The first kappa shape index (κ1) is 18.3. The highest BCUT2D eigenvalue weighted by atomic mass is 19.1. The number of benzene rings is 2. The topological polar surface area (TPSA) is 131 Å². The maximum Gasteiger partial charge on any atom is 0.269 e. The summed E-state index contributed by atoms with van der Waals surface area (Å²) in [6, 6.07) is 16.2. The van der Waals surface area contributed by atoms with Crippen LogP contribution in [0.2, 0.25) is 0 Å². The summed E-state index contributed by atoms with van der Waals surface area (Å²) in [5.74, 6) is -0.112. The molecule has 0 aliphatic heterocycles. The molecule has 10 heteroatoms. The lowest BCUT2D eigenvalue weighted by Crippen LogP contribution is -2.22. The number of hydrogen-bond donors (Lipinski definition) is 3. The van der Waals surface area contributed by atoms with Crippen LogP contribution in [0.1, 0.15) is 24.1 Å². The predicted molar refractivity (Wildman–Crippen MR) is 105 cm³/mol. The number of aliphatic imine (C=N–C) groups is 1. The highest BCUT2D eigenvalue weighted by Gasteiger charge is 2.16. The number of aromatic nitrogens is 5. The van der Waals surface area contributed by atoms with Gasteiger partial charge in [0.25, 0.3) is 11.8 Å². The second-order valence-corrected chi connectivity index (χ2v) is 6.27. The summed E-state index contributed by atoms with van der Waals surface area (Å²) in [4.78, 5) is 4.06. The minimum Gasteiger partial charge on any atom is -0.369 e. The second-order valence-electron chi connectivity index (χ2n) is 6.27. The summed E-state index contributed by atoms with van der Waals surface area (Å²) in [7, 11) is 0. The average Bonchev–Trinajstić information content (AvgIpc) is 3.40. The second kappa shape index (κ2) is 7.89. The molecule has 0 saturated carbocycles. The van der Waals surface area contributed by atoms with Gasteiger partial charge in [0.1, 0.15) is 5.82 Å². The first-order chi connectivity index (χ1) is 14.1. The lowest BCUT2D eigenvalue weighted by atomic mass is 9.95. The number of tetrazole rings is 1. The molecular weight excluding hydrogens is 375 g/mol. The molecule has 0 bridgehead atoms. The number of aromatic amines is 1. The lowest BCUT2D eigenvalue weighted by molar-refractivity contribution is 0.419. The number of nitrogens with two attached hydrogens (primary N) is 1. The van der Waals surface area contributed by atoms with Gasteiger partial charge in [-0.1, -0.05) is 59.6 Å². The van der Waals surface area contributed by atoms with Crippen molar-refractivity contribution in [2.24, 2.45) is 10.7 Å². The summed E-state index contributed by atoms with van der Waals surface area (Å²) in [5, 5.41) is 19.8. The smallest absolute Gasteiger partial charge is 0.269 e. The number of nitrogens with one attached hydrogen (secondary N) is 2. The number of halogens is 1. The maximum absolute atomic E-state index is 14.7. The Balaban J connectivity index is 1.51. The van der Waals surface area contributed by atoms with E-state index in [1.54, 1.807) is 12.1 Å². The van der Waals surface area contributed by atoms with E-state index in [0.717, 1.165) is 11.1 Å². The molecule has 2 aromatic heterocycles. The summed E-state index contributed by atoms with van der Waals surface area (Å²) in [6.45, 7) is 1.91. The number of hydrogen-bond acceptors (Lipinski definition) is 6. The van der Waals surface area contributed by atoms with E-state index >= 15 is 0 Å². The van der Waals surface area contributed by atoms with Crippen molar-refractivity contribution in [3.8, 4) is 11.1 Å². The zero-order valence-electron chi connectivity index (χ0n) is 15.4. The third-order valence-electron chi connectivity index (χ3n) is 4.35. The Labute approximate surface area is 164 Å². The largest absolute Gasteiger partial charge is 0.369 e. The van der Waals surface area contributed by atoms with E-state index in [0.29, 0.717) is 11.3 Å². The van der Waals surface area contributed by atoms with E-state index in [9.17, 15) is 4.39 Å². The number of rotatable bonds is 5. The molecule has 1 unspecified atom stereocenters. The van der Waals surface area contributed by atoms with Crippen LogP contribution in [-0.4, -0.2) is 31.7 Å². The Kier molecular flexibility index (Phi) is 4.97. The van der Waals surface area contributed by atoms with Crippen molar-refractivity contribution in [2.75, 3.05) is 5.32 Å². The van der Waals surface area contributed by atoms with Gasteiger partial charge in [-0.15, -0.1) is 5.10 Å². The van der Waals surface area contributed by atoms with Crippen molar-refractivity contribution < 1.29 is 8.91 Å². The Morgan fingerprint density at radius 3 is 2.76 bits per heavy atom. The average molecular weight is 392 g/mol. The molecule has 146 valence electrons. The molecule has 0 radical (unpaired) electrons. The van der Waals surface area contributed by atoms with Gasteiger partial charge in [0.05, 0.1) is 5.69 Å². The molecule has 4 N–H and O–H groups in total. The quantitative estimate of drug-likeness (QED) is 0.351. The fraction of sp³-hybridized carbons (Fsp3) is 0.105. The summed E-state index contributed by atoms with van der Waals surface area (Å²) in [5.41, 5.74) is 8.51. The van der Waals surface area contributed by atoms with Crippen molar-refractivity contribution in [1.82, 2.24) is 25.8 Å². The normalized spacial score (nSPS) is 12.7. The Morgan fingerprint density at radius 1 is 1.21 bits per heavy atom. The molecule has 29 heavy (non-hydrogen) atoms. The van der Waals surface area contributed by atoms with E-state index in [-0.39, 0.29) is 29.5 Å². The standard InChI is InChI=1S/C19H17FN8O/c1-11(13-7-8-14(15(20)9-13)12-5-3-2-4-6-12)16-10-17(29-26-16)22-18(21)23-19-24-27-28-25-19/h2-11H,1H3,(H4,21,22,23,24,25,27,28). The molecule has 0 spiro atoms. The molecule has 0 aliphatic rings. The zero-order valence-corrected chi connectivity index (χ0v) is 15.4. The third-order valence-corrected chi connectivity index (χ3v) is 4.35. The van der Waals surface area contributed by atoms with Gasteiger partial charge in [-0.05, 0) is 22.4 Å².